The van der Waals surface area contributed by atoms with Crippen molar-refractivity contribution < 1.29 is 19.5 Å². The number of carboxylic acids is 1. The van der Waals surface area contributed by atoms with Crippen molar-refractivity contribution in [2.45, 2.75) is 38.8 Å². The highest BCUT2D eigenvalue weighted by molar-refractivity contribution is 5.92. The molecule has 2 amide bonds. The lowest BCUT2D eigenvalue weighted by Gasteiger charge is -2.20. The molecule has 1 saturated heterocycles. The van der Waals surface area contributed by atoms with Crippen LogP contribution in [0.2, 0.25) is 0 Å². The molecule has 6 heteroatoms. The Morgan fingerprint density at radius 2 is 2.12 bits per heavy atom. The average molecular weight is 228 g/mol. The number of carbonyl (C=O) groups is 3. The molecule has 90 valence electrons. The standard InChI is InChI=1S/C10H16N2O4/c1-5(2)8(10(15)16)12-9(14)6-3-4-7(13)11-6/h5-6,8H,3-4H2,1-2H3,(H,11,13)(H,12,14)(H,15,16)/t6-,8?/m1/s1. The van der Waals surface area contributed by atoms with Gasteiger partial charge < -0.3 is 15.7 Å². The molecule has 0 aromatic heterocycles. The lowest BCUT2D eigenvalue weighted by molar-refractivity contribution is -0.143. The molecule has 0 aromatic rings. The van der Waals surface area contributed by atoms with Crippen LogP contribution in [0.3, 0.4) is 0 Å². The van der Waals surface area contributed by atoms with Crippen molar-refractivity contribution in [2.24, 2.45) is 5.92 Å². The zero-order chi connectivity index (χ0) is 12.3. The lowest BCUT2D eigenvalue weighted by Crippen LogP contribution is -2.50. The van der Waals surface area contributed by atoms with E-state index < -0.39 is 24.0 Å². The third-order valence-electron chi connectivity index (χ3n) is 2.54. The van der Waals surface area contributed by atoms with Crippen molar-refractivity contribution in [2.75, 3.05) is 0 Å². The van der Waals surface area contributed by atoms with E-state index in [9.17, 15) is 14.4 Å². The van der Waals surface area contributed by atoms with Crippen molar-refractivity contribution in [3.63, 3.8) is 0 Å². The van der Waals surface area contributed by atoms with Gasteiger partial charge in [0.15, 0.2) is 0 Å². The zero-order valence-electron chi connectivity index (χ0n) is 9.32. The van der Waals surface area contributed by atoms with Gasteiger partial charge in [-0.3, -0.25) is 9.59 Å². The van der Waals surface area contributed by atoms with E-state index in [-0.39, 0.29) is 11.8 Å². The molecule has 16 heavy (non-hydrogen) atoms. The van der Waals surface area contributed by atoms with Gasteiger partial charge in [-0.05, 0) is 12.3 Å². The second-order valence-electron chi connectivity index (χ2n) is 4.23. The van der Waals surface area contributed by atoms with Crippen LogP contribution in [0.4, 0.5) is 0 Å². The Hall–Kier alpha value is -1.59. The molecule has 1 fully saturated rings. The largest absolute Gasteiger partial charge is 0.480 e. The van der Waals surface area contributed by atoms with E-state index in [4.69, 9.17) is 5.11 Å². The van der Waals surface area contributed by atoms with E-state index in [1.165, 1.54) is 0 Å². The summed E-state index contributed by atoms with van der Waals surface area (Å²) < 4.78 is 0. The topological polar surface area (TPSA) is 95.5 Å². The molecule has 0 saturated carbocycles. The Morgan fingerprint density at radius 1 is 1.50 bits per heavy atom. The molecule has 0 spiro atoms. The van der Waals surface area contributed by atoms with Crippen LogP contribution >= 0.6 is 0 Å². The van der Waals surface area contributed by atoms with E-state index in [0.717, 1.165) is 0 Å². The van der Waals surface area contributed by atoms with Crippen LogP contribution in [-0.4, -0.2) is 35.0 Å². The molecule has 1 heterocycles. The van der Waals surface area contributed by atoms with Crippen LogP contribution in [0.5, 0.6) is 0 Å². The summed E-state index contributed by atoms with van der Waals surface area (Å²) in [6.07, 6.45) is 0.743. The predicted molar refractivity (Wildman–Crippen MR) is 55.6 cm³/mol. The van der Waals surface area contributed by atoms with Gasteiger partial charge in [0, 0.05) is 6.42 Å². The number of amides is 2. The third kappa shape index (κ3) is 2.95. The maximum Gasteiger partial charge on any atom is 0.326 e. The number of aliphatic carboxylic acids is 1. The van der Waals surface area contributed by atoms with E-state index >= 15 is 0 Å². The molecule has 0 aliphatic carbocycles. The molecule has 1 rings (SSSR count). The molecular weight excluding hydrogens is 212 g/mol. The molecule has 0 aromatic carbocycles. The minimum absolute atomic E-state index is 0.170. The number of rotatable bonds is 4. The van der Waals surface area contributed by atoms with Crippen molar-refractivity contribution >= 4 is 17.8 Å². The first-order chi connectivity index (χ1) is 7.41. The van der Waals surface area contributed by atoms with Gasteiger partial charge in [0.25, 0.3) is 0 Å². The highest BCUT2D eigenvalue weighted by Gasteiger charge is 2.31. The van der Waals surface area contributed by atoms with Crippen molar-refractivity contribution in [3.05, 3.63) is 0 Å². The Balaban J connectivity index is 2.55. The van der Waals surface area contributed by atoms with Gasteiger partial charge in [-0.2, -0.15) is 0 Å². The van der Waals surface area contributed by atoms with Gasteiger partial charge in [0.1, 0.15) is 12.1 Å². The van der Waals surface area contributed by atoms with Crippen LogP contribution in [0.15, 0.2) is 0 Å². The fourth-order valence-electron chi connectivity index (χ4n) is 1.58. The van der Waals surface area contributed by atoms with Crippen molar-refractivity contribution in [3.8, 4) is 0 Å². The van der Waals surface area contributed by atoms with Gasteiger partial charge in [0.05, 0.1) is 0 Å². The average Bonchev–Trinajstić information content (AvgIpc) is 2.59. The van der Waals surface area contributed by atoms with Crippen LogP contribution in [0.25, 0.3) is 0 Å². The minimum Gasteiger partial charge on any atom is -0.480 e. The first-order valence-electron chi connectivity index (χ1n) is 5.24. The number of carboxylic acid groups (broad SMARTS) is 1. The maximum atomic E-state index is 11.6. The van der Waals surface area contributed by atoms with Gasteiger partial charge in [-0.25, -0.2) is 4.79 Å². The summed E-state index contributed by atoms with van der Waals surface area (Å²) in [6, 6.07) is -1.50. The summed E-state index contributed by atoms with van der Waals surface area (Å²) >= 11 is 0. The highest BCUT2D eigenvalue weighted by Crippen LogP contribution is 2.08. The van der Waals surface area contributed by atoms with Gasteiger partial charge in [-0.15, -0.1) is 0 Å². The van der Waals surface area contributed by atoms with Crippen molar-refractivity contribution in [1.29, 1.82) is 0 Å². The second kappa shape index (κ2) is 4.96. The summed E-state index contributed by atoms with van der Waals surface area (Å²) in [5.41, 5.74) is 0. The fraction of sp³-hybridized carbons (Fsp3) is 0.700. The Labute approximate surface area is 93.4 Å². The van der Waals surface area contributed by atoms with Crippen LogP contribution in [-0.2, 0) is 14.4 Å². The Kier molecular flexibility index (Phi) is 3.87. The quantitative estimate of drug-likeness (QED) is 0.604. The van der Waals surface area contributed by atoms with Crippen LogP contribution in [0.1, 0.15) is 26.7 Å². The van der Waals surface area contributed by atoms with Gasteiger partial charge in [-0.1, -0.05) is 13.8 Å². The molecule has 0 bridgehead atoms. The summed E-state index contributed by atoms with van der Waals surface area (Å²) in [5, 5.41) is 13.8. The van der Waals surface area contributed by atoms with E-state index in [0.29, 0.717) is 12.8 Å². The van der Waals surface area contributed by atoms with Gasteiger partial charge in [0.2, 0.25) is 11.8 Å². The first kappa shape index (κ1) is 12.5. The molecule has 3 N–H and O–H groups in total. The number of carbonyl (C=O) groups excluding carboxylic acids is 2. The summed E-state index contributed by atoms with van der Waals surface area (Å²) in [5.74, 6) is -1.85. The number of nitrogens with one attached hydrogen (secondary N) is 2. The first-order valence-corrected chi connectivity index (χ1v) is 5.24. The zero-order valence-corrected chi connectivity index (χ0v) is 9.32. The monoisotopic (exact) mass is 228 g/mol. The molecule has 0 radical (unpaired) electrons. The van der Waals surface area contributed by atoms with Crippen molar-refractivity contribution in [1.82, 2.24) is 10.6 Å². The number of hydrogen-bond acceptors (Lipinski definition) is 3. The van der Waals surface area contributed by atoms with Crippen LogP contribution < -0.4 is 10.6 Å². The fourth-order valence-corrected chi connectivity index (χ4v) is 1.58. The summed E-state index contributed by atoms with van der Waals surface area (Å²) in [7, 11) is 0. The van der Waals surface area contributed by atoms with E-state index in [1.807, 2.05) is 0 Å². The molecule has 1 aliphatic rings. The SMILES string of the molecule is CC(C)C(NC(=O)[C@H]1CCC(=O)N1)C(=O)O. The van der Waals surface area contributed by atoms with Crippen LogP contribution in [0, 0.1) is 5.92 Å². The molecule has 1 unspecified atom stereocenters. The smallest absolute Gasteiger partial charge is 0.326 e. The lowest BCUT2D eigenvalue weighted by atomic mass is 10.0. The predicted octanol–water partition coefficient (Wildman–Crippen LogP) is -0.510. The second-order valence-corrected chi connectivity index (χ2v) is 4.23. The normalized spacial score (nSPS) is 21.7. The summed E-state index contributed by atoms with van der Waals surface area (Å²) in [6.45, 7) is 3.43. The molecule has 2 atom stereocenters. The molecule has 6 nitrogen and oxygen atoms in total. The Bertz CT molecular complexity index is 314. The van der Waals surface area contributed by atoms with Gasteiger partial charge >= 0.3 is 5.97 Å². The molecular formula is C10H16N2O4. The maximum absolute atomic E-state index is 11.6. The van der Waals surface area contributed by atoms with E-state index in [1.54, 1.807) is 13.8 Å². The molecule has 1 aliphatic heterocycles. The van der Waals surface area contributed by atoms with E-state index in [2.05, 4.69) is 10.6 Å². The minimum atomic E-state index is -1.06. The summed E-state index contributed by atoms with van der Waals surface area (Å²) in [4.78, 5) is 33.4. The highest BCUT2D eigenvalue weighted by atomic mass is 16.4. The third-order valence-corrected chi connectivity index (χ3v) is 2.54. The number of hydrogen-bond donors (Lipinski definition) is 3. The Morgan fingerprint density at radius 3 is 2.50 bits per heavy atom.